The average molecular weight is 248 g/mol. The summed E-state index contributed by atoms with van der Waals surface area (Å²) in [6, 6.07) is 3.24. The van der Waals surface area contributed by atoms with E-state index in [1.807, 2.05) is 6.92 Å². The number of anilines is 1. The lowest BCUT2D eigenvalue weighted by Gasteiger charge is -2.02. The van der Waals surface area contributed by atoms with Crippen molar-refractivity contribution < 1.29 is 4.79 Å². The van der Waals surface area contributed by atoms with Crippen LogP contribution in [0.25, 0.3) is 0 Å². The molecule has 0 aliphatic heterocycles. The topological polar surface area (TPSA) is 80.9 Å². The van der Waals surface area contributed by atoms with Crippen molar-refractivity contribution in [3.05, 3.63) is 40.0 Å². The third-order valence-electron chi connectivity index (χ3n) is 2.12. The predicted octanol–water partition coefficient (Wildman–Crippen LogP) is 1.36. The second kappa shape index (κ2) is 4.92. The number of aryl methyl sites for hydroxylation is 1. The summed E-state index contributed by atoms with van der Waals surface area (Å²) in [6.45, 7) is 2.41. The Bertz CT molecular complexity index is 521. The van der Waals surface area contributed by atoms with Crippen LogP contribution in [-0.2, 0) is 6.54 Å². The first-order chi connectivity index (χ1) is 8.15. The zero-order valence-corrected chi connectivity index (χ0v) is 10.1. The van der Waals surface area contributed by atoms with Crippen molar-refractivity contribution in [2.45, 2.75) is 13.5 Å². The Morgan fingerprint density at radius 1 is 1.41 bits per heavy atom. The monoisotopic (exact) mass is 248 g/mol. The van der Waals surface area contributed by atoms with Crippen molar-refractivity contribution in [1.29, 1.82) is 0 Å². The van der Waals surface area contributed by atoms with Crippen LogP contribution in [0.15, 0.2) is 24.5 Å². The van der Waals surface area contributed by atoms with Gasteiger partial charge in [0.15, 0.2) is 0 Å². The van der Waals surface area contributed by atoms with Gasteiger partial charge >= 0.3 is 0 Å². The normalized spacial score (nSPS) is 10.2. The fraction of sp³-hybridized carbons (Fsp3) is 0.182. The van der Waals surface area contributed by atoms with E-state index >= 15 is 0 Å². The molecular formula is C11H12N4OS. The molecule has 1 amide bonds. The first-order valence-electron chi connectivity index (χ1n) is 5.06. The van der Waals surface area contributed by atoms with Crippen molar-refractivity contribution >= 4 is 23.1 Å². The Hall–Kier alpha value is -1.95. The standard InChI is InChI=1S/C11H12N4OS/c1-7-4-14-10(17-7)6-15-11(16)8-2-3-9(12)13-5-8/h2-5H,6H2,1H3,(H2,12,13)(H,15,16). The van der Waals surface area contributed by atoms with Gasteiger partial charge in [-0.05, 0) is 19.1 Å². The zero-order valence-electron chi connectivity index (χ0n) is 9.30. The molecule has 2 aromatic heterocycles. The summed E-state index contributed by atoms with van der Waals surface area (Å²) >= 11 is 1.57. The highest BCUT2D eigenvalue weighted by atomic mass is 32.1. The van der Waals surface area contributed by atoms with Crippen LogP contribution in [0.1, 0.15) is 20.2 Å². The van der Waals surface area contributed by atoms with Crippen LogP contribution in [0.5, 0.6) is 0 Å². The minimum atomic E-state index is -0.176. The number of nitrogen functional groups attached to an aromatic ring is 1. The molecule has 0 aromatic carbocycles. The van der Waals surface area contributed by atoms with Crippen molar-refractivity contribution in [3.63, 3.8) is 0 Å². The molecule has 0 fully saturated rings. The number of carbonyl (C=O) groups excluding carboxylic acids is 1. The van der Waals surface area contributed by atoms with Crippen LogP contribution in [0.4, 0.5) is 5.82 Å². The molecule has 2 rings (SSSR count). The molecule has 0 atom stereocenters. The summed E-state index contributed by atoms with van der Waals surface area (Å²) in [4.78, 5) is 20.9. The molecule has 2 heterocycles. The molecule has 0 spiro atoms. The highest BCUT2D eigenvalue weighted by Crippen LogP contribution is 2.10. The summed E-state index contributed by atoms with van der Waals surface area (Å²) in [5.41, 5.74) is 5.94. The number of hydrogen-bond acceptors (Lipinski definition) is 5. The fourth-order valence-electron chi connectivity index (χ4n) is 1.28. The van der Waals surface area contributed by atoms with Gasteiger partial charge < -0.3 is 11.1 Å². The van der Waals surface area contributed by atoms with Crippen molar-refractivity contribution in [2.75, 3.05) is 5.73 Å². The summed E-state index contributed by atoms with van der Waals surface area (Å²) in [5.74, 6) is 0.224. The Morgan fingerprint density at radius 2 is 2.24 bits per heavy atom. The number of amides is 1. The quantitative estimate of drug-likeness (QED) is 0.859. The summed E-state index contributed by atoms with van der Waals surface area (Å²) in [6.07, 6.45) is 3.24. The smallest absolute Gasteiger partial charge is 0.253 e. The van der Waals surface area contributed by atoms with E-state index < -0.39 is 0 Å². The number of rotatable bonds is 3. The molecule has 5 nitrogen and oxygen atoms in total. The van der Waals surface area contributed by atoms with E-state index in [4.69, 9.17) is 5.73 Å². The number of nitrogens with two attached hydrogens (primary N) is 1. The number of thiazole rings is 1. The third-order valence-corrected chi connectivity index (χ3v) is 3.03. The van der Waals surface area contributed by atoms with E-state index in [9.17, 15) is 4.79 Å². The van der Waals surface area contributed by atoms with E-state index in [0.717, 1.165) is 9.88 Å². The molecule has 17 heavy (non-hydrogen) atoms. The number of nitrogens with zero attached hydrogens (tertiary/aromatic N) is 2. The molecule has 0 saturated heterocycles. The number of hydrogen-bond donors (Lipinski definition) is 2. The van der Waals surface area contributed by atoms with Gasteiger partial charge in [0.1, 0.15) is 10.8 Å². The molecule has 88 valence electrons. The van der Waals surface area contributed by atoms with Gasteiger partial charge in [-0.1, -0.05) is 0 Å². The van der Waals surface area contributed by atoms with Gasteiger partial charge in [-0.15, -0.1) is 11.3 Å². The maximum Gasteiger partial charge on any atom is 0.253 e. The lowest BCUT2D eigenvalue weighted by molar-refractivity contribution is 0.0950. The highest BCUT2D eigenvalue weighted by Gasteiger charge is 2.06. The molecule has 0 unspecified atom stereocenters. The zero-order chi connectivity index (χ0) is 12.3. The lowest BCUT2D eigenvalue weighted by atomic mass is 10.2. The van der Waals surface area contributed by atoms with Crippen LogP contribution in [0, 0.1) is 6.92 Å². The van der Waals surface area contributed by atoms with E-state index in [1.165, 1.54) is 6.20 Å². The summed E-state index contributed by atoms with van der Waals surface area (Å²) in [7, 11) is 0. The Kier molecular flexibility index (Phi) is 3.34. The SMILES string of the molecule is Cc1cnc(CNC(=O)c2ccc(N)nc2)s1. The minimum absolute atomic E-state index is 0.176. The lowest BCUT2D eigenvalue weighted by Crippen LogP contribution is -2.22. The van der Waals surface area contributed by atoms with Crippen LogP contribution in [0.2, 0.25) is 0 Å². The van der Waals surface area contributed by atoms with Gasteiger partial charge in [0.2, 0.25) is 0 Å². The van der Waals surface area contributed by atoms with E-state index in [2.05, 4.69) is 15.3 Å². The number of nitrogens with one attached hydrogen (secondary N) is 1. The molecule has 6 heteroatoms. The van der Waals surface area contributed by atoms with Gasteiger partial charge in [0, 0.05) is 17.3 Å². The minimum Gasteiger partial charge on any atom is -0.384 e. The first kappa shape index (κ1) is 11.5. The van der Waals surface area contributed by atoms with Crippen molar-refractivity contribution in [1.82, 2.24) is 15.3 Å². The van der Waals surface area contributed by atoms with Gasteiger partial charge in [0.05, 0.1) is 12.1 Å². The van der Waals surface area contributed by atoms with Gasteiger partial charge in [-0.25, -0.2) is 9.97 Å². The summed E-state index contributed by atoms with van der Waals surface area (Å²) in [5, 5.41) is 3.66. The van der Waals surface area contributed by atoms with Gasteiger partial charge in [0.25, 0.3) is 5.91 Å². The average Bonchev–Trinajstić information content (AvgIpc) is 2.73. The van der Waals surface area contributed by atoms with E-state index in [0.29, 0.717) is 17.9 Å². The maximum absolute atomic E-state index is 11.7. The van der Waals surface area contributed by atoms with Crippen LogP contribution in [-0.4, -0.2) is 15.9 Å². The Morgan fingerprint density at radius 3 is 2.82 bits per heavy atom. The summed E-state index contributed by atoms with van der Waals surface area (Å²) < 4.78 is 0. The van der Waals surface area contributed by atoms with E-state index in [1.54, 1.807) is 29.7 Å². The van der Waals surface area contributed by atoms with Crippen molar-refractivity contribution in [3.8, 4) is 0 Å². The molecular weight excluding hydrogens is 236 g/mol. The number of pyridine rings is 1. The van der Waals surface area contributed by atoms with Crippen LogP contribution < -0.4 is 11.1 Å². The second-order valence-corrected chi connectivity index (χ2v) is 4.84. The van der Waals surface area contributed by atoms with E-state index in [-0.39, 0.29) is 5.91 Å². The largest absolute Gasteiger partial charge is 0.384 e. The Labute approximate surface area is 103 Å². The molecule has 0 saturated carbocycles. The molecule has 0 radical (unpaired) electrons. The third kappa shape index (κ3) is 3.01. The van der Waals surface area contributed by atoms with Gasteiger partial charge in [-0.2, -0.15) is 0 Å². The first-order valence-corrected chi connectivity index (χ1v) is 5.88. The molecule has 0 bridgehead atoms. The fourth-order valence-corrected chi connectivity index (χ4v) is 2.01. The maximum atomic E-state index is 11.7. The van der Waals surface area contributed by atoms with Crippen molar-refractivity contribution in [2.24, 2.45) is 0 Å². The predicted molar refractivity (Wildman–Crippen MR) is 66.7 cm³/mol. The van der Waals surface area contributed by atoms with Crippen LogP contribution in [0.3, 0.4) is 0 Å². The molecule has 0 aliphatic rings. The van der Waals surface area contributed by atoms with Gasteiger partial charge in [-0.3, -0.25) is 4.79 Å². The van der Waals surface area contributed by atoms with Crippen LogP contribution >= 0.6 is 11.3 Å². The number of carbonyl (C=O) groups is 1. The molecule has 2 aromatic rings. The number of aromatic nitrogens is 2. The Balaban J connectivity index is 1.95. The second-order valence-electron chi connectivity index (χ2n) is 3.52. The molecule has 3 N–H and O–H groups in total. The molecule has 0 aliphatic carbocycles. The highest BCUT2D eigenvalue weighted by molar-refractivity contribution is 7.11.